The summed E-state index contributed by atoms with van der Waals surface area (Å²) < 4.78 is 0. The number of anilines is 2. The molecule has 0 atom stereocenters. The Morgan fingerprint density at radius 2 is 1.36 bits per heavy atom. The van der Waals surface area contributed by atoms with E-state index in [1.165, 1.54) is 0 Å². The summed E-state index contributed by atoms with van der Waals surface area (Å²) in [6.45, 7) is 3.70. The summed E-state index contributed by atoms with van der Waals surface area (Å²) in [5.74, 6) is 0.222. The molecule has 0 aliphatic heterocycles. The second kappa shape index (κ2) is 7.22. The first-order valence-electron chi connectivity index (χ1n) is 8.29. The van der Waals surface area contributed by atoms with Crippen molar-refractivity contribution in [2.75, 3.05) is 4.90 Å². The maximum atomic E-state index is 13.1. The zero-order chi connectivity index (χ0) is 17.8. The average molecular weight is 331 g/mol. The number of aryl methyl sites for hydroxylation is 1. The fraction of sp³-hybridized carbons (Fsp3) is 0.136. The SMILES string of the molecule is Cc1ccc(CC(=O)N(c2ccccc2)c2ccccc2)c(C)c1O. The summed E-state index contributed by atoms with van der Waals surface area (Å²) in [4.78, 5) is 14.8. The van der Waals surface area contributed by atoms with Gasteiger partial charge in [-0.1, -0.05) is 48.5 Å². The molecule has 0 unspecified atom stereocenters. The molecule has 126 valence electrons. The largest absolute Gasteiger partial charge is 0.507 e. The Bertz CT molecular complexity index is 834. The quantitative estimate of drug-likeness (QED) is 0.737. The van der Waals surface area contributed by atoms with Gasteiger partial charge in [-0.05, 0) is 54.8 Å². The predicted molar refractivity (Wildman–Crippen MR) is 101 cm³/mol. The molecule has 3 nitrogen and oxygen atoms in total. The lowest BCUT2D eigenvalue weighted by atomic mass is 10.0. The average Bonchev–Trinajstić information content (AvgIpc) is 2.64. The van der Waals surface area contributed by atoms with Crippen LogP contribution < -0.4 is 4.90 Å². The summed E-state index contributed by atoms with van der Waals surface area (Å²) >= 11 is 0. The van der Waals surface area contributed by atoms with Crippen LogP contribution in [0.4, 0.5) is 11.4 Å². The Kier molecular flexibility index (Phi) is 4.85. The summed E-state index contributed by atoms with van der Waals surface area (Å²) in [5, 5.41) is 10.1. The maximum Gasteiger partial charge on any atom is 0.235 e. The van der Waals surface area contributed by atoms with E-state index in [9.17, 15) is 9.90 Å². The molecule has 3 rings (SSSR count). The van der Waals surface area contributed by atoms with Crippen molar-refractivity contribution in [3.63, 3.8) is 0 Å². The Morgan fingerprint density at radius 1 is 0.840 bits per heavy atom. The Labute approximate surface area is 148 Å². The lowest BCUT2D eigenvalue weighted by Gasteiger charge is -2.23. The Balaban J connectivity index is 1.97. The van der Waals surface area contributed by atoms with Crippen molar-refractivity contribution in [1.29, 1.82) is 0 Å². The number of benzene rings is 3. The van der Waals surface area contributed by atoms with Gasteiger partial charge in [0.25, 0.3) is 0 Å². The zero-order valence-corrected chi connectivity index (χ0v) is 14.4. The molecule has 3 aromatic rings. The van der Waals surface area contributed by atoms with E-state index in [1.807, 2.05) is 86.6 Å². The lowest BCUT2D eigenvalue weighted by Crippen LogP contribution is -2.27. The minimum atomic E-state index is -0.0382. The second-order valence-electron chi connectivity index (χ2n) is 6.09. The number of phenolic OH excluding ortho intramolecular Hbond substituents is 1. The monoisotopic (exact) mass is 331 g/mol. The fourth-order valence-corrected chi connectivity index (χ4v) is 2.90. The first-order chi connectivity index (χ1) is 12.1. The first kappa shape index (κ1) is 16.8. The van der Waals surface area contributed by atoms with Crippen LogP contribution in [0.1, 0.15) is 16.7 Å². The third-order valence-corrected chi connectivity index (χ3v) is 4.36. The summed E-state index contributed by atoms with van der Waals surface area (Å²) in [6, 6.07) is 23.0. The van der Waals surface area contributed by atoms with Gasteiger partial charge in [0.15, 0.2) is 0 Å². The van der Waals surface area contributed by atoms with Gasteiger partial charge in [0.1, 0.15) is 5.75 Å². The van der Waals surface area contributed by atoms with Gasteiger partial charge in [0.2, 0.25) is 5.91 Å². The number of hydrogen-bond donors (Lipinski definition) is 1. The van der Waals surface area contributed by atoms with Crippen LogP contribution in [0.25, 0.3) is 0 Å². The molecule has 0 fully saturated rings. The molecular weight excluding hydrogens is 310 g/mol. The third kappa shape index (κ3) is 3.56. The van der Waals surface area contributed by atoms with E-state index in [-0.39, 0.29) is 18.1 Å². The topological polar surface area (TPSA) is 40.5 Å². The molecule has 0 bridgehead atoms. The van der Waals surface area contributed by atoms with Gasteiger partial charge < -0.3 is 5.11 Å². The smallest absolute Gasteiger partial charge is 0.235 e. The molecule has 0 saturated heterocycles. The summed E-state index contributed by atoms with van der Waals surface area (Å²) in [6.07, 6.45) is 0.226. The molecular formula is C22H21NO2. The van der Waals surface area contributed by atoms with Crippen molar-refractivity contribution < 1.29 is 9.90 Å². The minimum absolute atomic E-state index is 0.0382. The second-order valence-corrected chi connectivity index (χ2v) is 6.09. The molecule has 0 radical (unpaired) electrons. The summed E-state index contributed by atoms with van der Waals surface area (Å²) in [5.41, 5.74) is 4.07. The van der Waals surface area contributed by atoms with E-state index < -0.39 is 0 Å². The molecule has 3 aromatic carbocycles. The van der Waals surface area contributed by atoms with Gasteiger partial charge in [-0.15, -0.1) is 0 Å². The molecule has 0 heterocycles. The van der Waals surface area contributed by atoms with Crippen LogP contribution in [-0.4, -0.2) is 11.0 Å². The van der Waals surface area contributed by atoms with E-state index in [2.05, 4.69) is 0 Å². The number of para-hydroxylation sites is 2. The van der Waals surface area contributed by atoms with E-state index in [0.29, 0.717) is 0 Å². The fourth-order valence-electron chi connectivity index (χ4n) is 2.90. The van der Waals surface area contributed by atoms with E-state index in [4.69, 9.17) is 0 Å². The highest BCUT2D eigenvalue weighted by Crippen LogP contribution is 2.29. The third-order valence-electron chi connectivity index (χ3n) is 4.36. The van der Waals surface area contributed by atoms with Crippen LogP contribution in [0.15, 0.2) is 72.8 Å². The van der Waals surface area contributed by atoms with Crippen molar-refractivity contribution >= 4 is 17.3 Å². The number of amides is 1. The van der Waals surface area contributed by atoms with Gasteiger partial charge in [0.05, 0.1) is 6.42 Å². The molecule has 1 N–H and O–H groups in total. The van der Waals surface area contributed by atoms with Crippen LogP contribution >= 0.6 is 0 Å². The lowest BCUT2D eigenvalue weighted by molar-refractivity contribution is -0.117. The van der Waals surface area contributed by atoms with Crippen LogP contribution in [0, 0.1) is 13.8 Å². The zero-order valence-electron chi connectivity index (χ0n) is 14.4. The number of carbonyl (C=O) groups excluding carboxylic acids is 1. The highest BCUT2D eigenvalue weighted by molar-refractivity contribution is 6.01. The number of nitrogens with zero attached hydrogens (tertiary/aromatic N) is 1. The normalized spacial score (nSPS) is 10.5. The van der Waals surface area contributed by atoms with Crippen molar-refractivity contribution in [2.24, 2.45) is 0 Å². The molecule has 1 amide bonds. The van der Waals surface area contributed by atoms with Crippen molar-refractivity contribution in [3.05, 3.63) is 89.5 Å². The van der Waals surface area contributed by atoms with Crippen molar-refractivity contribution in [3.8, 4) is 5.75 Å². The van der Waals surface area contributed by atoms with E-state index in [0.717, 1.165) is 28.1 Å². The van der Waals surface area contributed by atoms with Crippen LogP contribution in [0.2, 0.25) is 0 Å². The number of aromatic hydroxyl groups is 1. The number of phenols is 1. The molecule has 0 aliphatic rings. The maximum absolute atomic E-state index is 13.1. The highest BCUT2D eigenvalue weighted by atomic mass is 16.3. The number of hydrogen-bond acceptors (Lipinski definition) is 2. The molecule has 0 saturated carbocycles. The Morgan fingerprint density at radius 3 is 1.88 bits per heavy atom. The van der Waals surface area contributed by atoms with E-state index >= 15 is 0 Å². The molecule has 3 heteroatoms. The van der Waals surface area contributed by atoms with Crippen LogP contribution in [0.5, 0.6) is 5.75 Å². The minimum Gasteiger partial charge on any atom is -0.507 e. The molecule has 0 aromatic heterocycles. The number of rotatable bonds is 4. The van der Waals surface area contributed by atoms with Crippen molar-refractivity contribution in [2.45, 2.75) is 20.3 Å². The first-order valence-corrected chi connectivity index (χ1v) is 8.29. The summed E-state index contributed by atoms with van der Waals surface area (Å²) in [7, 11) is 0. The number of carbonyl (C=O) groups is 1. The van der Waals surface area contributed by atoms with Crippen LogP contribution in [0.3, 0.4) is 0 Å². The van der Waals surface area contributed by atoms with Gasteiger partial charge in [-0.3, -0.25) is 9.69 Å². The van der Waals surface area contributed by atoms with E-state index in [1.54, 1.807) is 4.90 Å². The molecule has 25 heavy (non-hydrogen) atoms. The highest BCUT2D eigenvalue weighted by Gasteiger charge is 2.19. The van der Waals surface area contributed by atoms with Gasteiger partial charge in [-0.2, -0.15) is 0 Å². The van der Waals surface area contributed by atoms with Gasteiger partial charge in [0, 0.05) is 11.4 Å². The van der Waals surface area contributed by atoms with Crippen molar-refractivity contribution in [1.82, 2.24) is 0 Å². The molecule has 0 spiro atoms. The Hall–Kier alpha value is -3.07. The van der Waals surface area contributed by atoms with Crippen LogP contribution in [-0.2, 0) is 11.2 Å². The standard InChI is InChI=1S/C22H21NO2/c1-16-13-14-18(17(2)22(16)25)15-21(24)23(19-9-5-3-6-10-19)20-11-7-4-8-12-20/h3-14,25H,15H2,1-2H3. The predicted octanol–water partition coefficient (Wildman–Crippen LogP) is 4.92. The van der Waals surface area contributed by atoms with Gasteiger partial charge >= 0.3 is 0 Å². The van der Waals surface area contributed by atoms with Gasteiger partial charge in [-0.25, -0.2) is 0 Å². The molecule has 0 aliphatic carbocycles.